The van der Waals surface area contributed by atoms with Crippen LogP contribution in [-0.4, -0.2) is 14.1 Å². The molecular formula is C32H38OSiTi. The Labute approximate surface area is 221 Å². The van der Waals surface area contributed by atoms with E-state index in [0.717, 1.165) is 22.4 Å². The second-order valence-corrected chi connectivity index (χ2v) is 14.8. The Hall–Kier alpha value is -2.26. The first kappa shape index (κ1) is 25.8. The molecule has 0 saturated heterocycles. The average Bonchev–Trinajstić information content (AvgIpc) is 3.25. The normalized spacial score (nSPS) is 13.5. The summed E-state index contributed by atoms with van der Waals surface area (Å²) in [5, 5.41) is 1.44. The molecule has 1 aliphatic carbocycles. The molecule has 0 saturated carbocycles. The molecule has 180 valence electrons. The van der Waals surface area contributed by atoms with Crippen LogP contribution in [0.15, 0.2) is 82.3 Å². The number of benzene rings is 3. The molecule has 0 N–H and O–H groups in total. The molecule has 3 aromatic carbocycles. The van der Waals surface area contributed by atoms with Crippen LogP contribution in [0.4, 0.5) is 0 Å². The minimum absolute atomic E-state index is 0.0907. The van der Waals surface area contributed by atoms with Crippen molar-refractivity contribution in [3.8, 4) is 5.75 Å². The molecule has 1 nitrogen and oxygen atoms in total. The van der Waals surface area contributed by atoms with Gasteiger partial charge in [0.05, 0.1) is 0 Å². The molecule has 35 heavy (non-hydrogen) atoms. The van der Waals surface area contributed by atoms with Gasteiger partial charge in [-0.1, -0.05) is 0 Å². The van der Waals surface area contributed by atoms with Crippen molar-refractivity contribution in [3.05, 3.63) is 116 Å². The van der Waals surface area contributed by atoms with Crippen LogP contribution in [-0.2, 0) is 23.2 Å². The molecule has 0 aliphatic heterocycles. The van der Waals surface area contributed by atoms with Crippen LogP contribution < -0.4 is 8.51 Å². The summed E-state index contributed by atoms with van der Waals surface area (Å²) in [4.78, 5) is 0. The van der Waals surface area contributed by atoms with Gasteiger partial charge in [0.15, 0.2) is 0 Å². The Balaban J connectivity index is 2.06. The maximum absolute atomic E-state index is 7.44. The quantitative estimate of drug-likeness (QED) is 0.363. The second-order valence-electron chi connectivity index (χ2n) is 10.8. The molecule has 0 fully saturated rings. The Morgan fingerprint density at radius 3 is 1.80 bits per heavy atom. The van der Waals surface area contributed by atoms with E-state index in [0.29, 0.717) is 0 Å². The zero-order chi connectivity index (χ0) is 25.3. The monoisotopic (exact) mass is 514 g/mol. The molecule has 0 spiro atoms. The van der Waals surface area contributed by atoms with Gasteiger partial charge in [0.25, 0.3) is 0 Å². The zero-order valence-electron chi connectivity index (χ0n) is 22.5. The van der Waals surface area contributed by atoms with Crippen molar-refractivity contribution in [2.75, 3.05) is 0 Å². The first-order valence-corrected chi connectivity index (χ1v) is 15.8. The van der Waals surface area contributed by atoms with E-state index in [1.807, 2.05) is 0 Å². The van der Waals surface area contributed by atoms with Crippen LogP contribution in [0.1, 0.15) is 67.5 Å². The van der Waals surface area contributed by atoms with Gasteiger partial charge in [-0.25, -0.2) is 0 Å². The fourth-order valence-electron chi connectivity index (χ4n) is 5.48. The fraction of sp³-hybridized carbons (Fsp3) is 0.281. The summed E-state index contributed by atoms with van der Waals surface area (Å²) in [6.45, 7) is 16.1. The molecule has 3 heteroatoms. The molecule has 1 aliphatic rings. The third-order valence-corrected chi connectivity index (χ3v) is 12.3. The fourth-order valence-corrected chi connectivity index (χ4v) is 11.5. The summed E-state index contributed by atoms with van der Waals surface area (Å²) < 4.78 is 10.4. The van der Waals surface area contributed by atoms with Crippen LogP contribution >= 0.6 is 0 Å². The van der Waals surface area contributed by atoms with Crippen LogP contribution in [0.2, 0.25) is 0 Å². The van der Waals surface area contributed by atoms with Crippen molar-refractivity contribution in [1.82, 2.24) is 0 Å². The second kappa shape index (κ2) is 10.4. The van der Waals surface area contributed by atoms with E-state index < -0.39 is 17.8 Å². The molecule has 0 aromatic heterocycles. The standard InChI is InChI=1S/C13H22OSi.C13H10.C6H7.Ti/c1-7-8(2)10(13(4,5)6)12(15)11(14)9(7)3;1-3-7-12(8-4-1)11-13-9-5-2-6-10-13;1-6-4-2-3-5-6;/h14H,1-6,15H3;1-10H;2,4H,3H2,1H3;/q;;;+1/p-1. The van der Waals surface area contributed by atoms with Gasteiger partial charge in [-0.05, 0) is 0 Å². The SMILES string of the molecule is CC1=[C]([Ti]([O]c2c(C)c(C)c(C)c(C(C)(C)C)c2[SiH3])=[C](c2ccccc2)c2ccccc2)CC=C1. The predicted octanol–water partition coefficient (Wildman–Crippen LogP) is 6.31. The first-order valence-electron chi connectivity index (χ1n) is 12.6. The van der Waals surface area contributed by atoms with Gasteiger partial charge in [-0.2, -0.15) is 0 Å². The van der Waals surface area contributed by atoms with E-state index >= 15 is 0 Å². The van der Waals surface area contributed by atoms with Gasteiger partial charge in [-0.15, -0.1) is 0 Å². The molecule has 0 radical (unpaired) electrons. The molecule has 0 heterocycles. The van der Waals surface area contributed by atoms with Crippen LogP contribution in [0, 0.1) is 20.8 Å². The molecule has 0 atom stereocenters. The Bertz CT molecular complexity index is 1300. The van der Waals surface area contributed by atoms with Crippen LogP contribution in [0.3, 0.4) is 0 Å². The van der Waals surface area contributed by atoms with E-state index in [1.54, 1.807) is 0 Å². The number of hydrogen-bond acceptors (Lipinski definition) is 1. The number of rotatable bonds is 5. The van der Waals surface area contributed by atoms with E-state index in [-0.39, 0.29) is 5.41 Å². The van der Waals surface area contributed by atoms with Gasteiger partial charge in [0, 0.05) is 0 Å². The topological polar surface area (TPSA) is 9.23 Å². The minimum atomic E-state index is -2.43. The van der Waals surface area contributed by atoms with E-state index in [1.165, 1.54) is 51.8 Å². The average molecular weight is 515 g/mol. The summed E-state index contributed by atoms with van der Waals surface area (Å²) in [6.07, 6.45) is 5.59. The van der Waals surface area contributed by atoms with Crippen LogP contribution in [0.5, 0.6) is 5.75 Å². The zero-order valence-corrected chi connectivity index (χ0v) is 26.1. The number of allylic oxidation sites excluding steroid dienone is 4. The van der Waals surface area contributed by atoms with Crippen molar-refractivity contribution in [3.63, 3.8) is 0 Å². The third kappa shape index (κ3) is 5.16. The van der Waals surface area contributed by atoms with E-state index in [2.05, 4.69) is 121 Å². The predicted molar refractivity (Wildman–Crippen MR) is 152 cm³/mol. The summed E-state index contributed by atoms with van der Waals surface area (Å²) in [7, 11) is 0.965. The molecular weight excluding hydrogens is 476 g/mol. The van der Waals surface area contributed by atoms with Gasteiger partial charge in [0.1, 0.15) is 0 Å². The van der Waals surface area contributed by atoms with Crippen molar-refractivity contribution in [2.24, 2.45) is 0 Å². The van der Waals surface area contributed by atoms with Gasteiger partial charge in [0.2, 0.25) is 0 Å². The van der Waals surface area contributed by atoms with Crippen molar-refractivity contribution in [2.45, 2.75) is 60.3 Å². The number of hydrogen-bond donors (Lipinski definition) is 0. The van der Waals surface area contributed by atoms with Crippen molar-refractivity contribution >= 4 is 19.2 Å². The summed E-state index contributed by atoms with van der Waals surface area (Å²) in [6, 6.07) is 21.8. The van der Waals surface area contributed by atoms with Crippen molar-refractivity contribution < 1.29 is 21.1 Å². The Morgan fingerprint density at radius 2 is 1.34 bits per heavy atom. The van der Waals surface area contributed by atoms with Crippen LogP contribution in [0.25, 0.3) is 0 Å². The molecule has 0 unspecified atom stereocenters. The molecule has 0 bridgehead atoms. The van der Waals surface area contributed by atoms with E-state index in [9.17, 15) is 0 Å². The van der Waals surface area contributed by atoms with Gasteiger partial charge < -0.3 is 0 Å². The molecule has 4 rings (SSSR count). The van der Waals surface area contributed by atoms with Crippen molar-refractivity contribution in [1.29, 1.82) is 0 Å². The van der Waals surface area contributed by atoms with E-state index in [4.69, 9.17) is 3.32 Å². The summed E-state index contributed by atoms with van der Waals surface area (Å²) >= 11 is -2.43. The summed E-state index contributed by atoms with van der Waals surface area (Å²) in [5.74, 6) is 1.16. The van der Waals surface area contributed by atoms with Gasteiger partial charge >= 0.3 is 222 Å². The Morgan fingerprint density at radius 1 is 0.800 bits per heavy atom. The summed E-state index contributed by atoms with van der Waals surface area (Å²) in [5.41, 5.74) is 9.65. The third-order valence-electron chi connectivity index (χ3n) is 7.30. The Kier molecular flexibility index (Phi) is 7.66. The maximum atomic E-state index is 7.44. The molecule has 0 amide bonds. The first-order chi connectivity index (χ1) is 16.6. The van der Waals surface area contributed by atoms with Gasteiger partial charge in [-0.3, -0.25) is 0 Å². The molecule has 3 aromatic rings.